The summed E-state index contributed by atoms with van der Waals surface area (Å²) in [6, 6.07) is 8.55. The van der Waals surface area contributed by atoms with Crippen LogP contribution in [0, 0.1) is 6.92 Å². The van der Waals surface area contributed by atoms with Gasteiger partial charge in [0.15, 0.2) is 0 Å². The molecule has 17 heavy (non-hydrogen) atoms. The summed E-state index contributed by atoms with van der Waals surface area (Å²) in [5.74, 6) is 0.578. The second-order valence-corrected chi connectivity index (χ2v) is 5.15. The maximum absolute atomic E-state index is 5.89. The highest BCUT2D eigenvalue weighted by Crippen LogP contribution is 2.17. The van der Waals surface area contributed by atoms with Crippen molar-refractivity contribution in [3.63, 3.8) is 0 Å². The number of alkyl halides is 1. The zero-order valence-corrected chi connectivity index (χ0v) is 11.3. The molecule has 1 aromatic carbocycles. The fourth-order valence-corrected chi connectivity index (χ4v) is 2.55. The molecular weight excluding hydrogens is 234 g/mol. The van der Waals surface area contributed by atoms with Crippen LogP contribution in [-0.2, 0) is 11.3 Å². The van der Waals surface area contributed by atoms with Crippen molar-refractivity contribution in [3.8, 4) is 0 Å². The van der Waals surface area contributed by atoms with Gasteiger partial charge < -0.3 is 4.74 Å². The largest absolute Gasteiger partial charge is 0.371 e. The fraction of sp³-hybridized carbons (Fsp3) is 0.571. The average molecular weight is 254 g/mol. The third-order valence-corrected chi connectivity index (χ3v) is 3.57. The van der Waals surface area contributed by atoms with Gasteiger partial charge in [-0.2, -0.15) is 0 Å². The number of benzene rings is 1. The number of morpholine rings is 1. The predicted octanol–water partition coefficient (Wildman–Crippen LogP) is 2.82. The van der Waals surface area contributed by atoms with Gasteiger partial charge in [0, 0.05) is 25.5 Å². The molecule has 1 heterocycles. The molecule has 2 unspecified atom stereocenters. The van der Waals surface area contributed by atoms with E-state index in [9.17, 15) is 0 Å². The molecular formula is C14H20ClNO. The Bertz CT molecular complexity index is 369. The van der Waals surface area contributed by atoms with Gasteiger partial charge in [-0.15, -0.1) is 11.6 Å². The first-order chi connectivity index (χ1) is 8.19. The molecule has 0 aliphatic carbocycles. The van der Waals surface area contributed by atoms with Gasteiger partial charge in [0.1, 0.15) is 0 Å². The molecule has 1 aliphatic rings. The highest BCUT2D eigenvalue weighted by molar-refractivity contribution is 6.18. The van der Waals surface area contributed by atoms with Crippen LogP contribution in [0.1, 0.15) is 18.1 Å². The topological polar surface area (TPSA) is 12.5 Å². The Labute approximate surface area is 109 Å². The molecule has 2 rings (SSSR count). The van der Waals surface area contributed by atoms with Crippen LogP contribution in [-0.4, -0.2) is 36.1 Å². The van der Waals surface area contributed by atoms with Crippen molar-refractivity contribution < 1.29 is 4.74 Å². The lowest BCUT2D eigenvalue weighted by Gasteiger charge is -2.36. The lowest BCUT2D eigenvalue weighted by Crippen LogP contribution is -2.46. The van der Waals surface area contributed by atoms with E-state index in [4.69, 9.17) is 16.3 Å². The summed E-state index contributed by atoms with van der Waals surface area (Å²) in [7, 11) is 0. The van der Waals surface area contributed by atoms with Crippen molar-refractivity contribution in [1.82, 2.24) is 4.90 Å². The summed E-state index contributed by atoms with van der Waals surface area (Å²) in [5.41, 5.74) is 2.75. The van der Waals surface area contributed by atoms with Crippen LogP contribution in [0.25, 0.3) is 0 Å². The van der Waals surface area contributed by atoms with E-state index in [2.05, 4.69) is 43.0 Å². The van der Waals surface area contributed by atoms with Gasteiger partial charge in [0.2, 0.25) is 0 Å². The molecule has 1 saturated heterocycles. The summed E-state index contributed by atoms with van der Waals surface area (Å²) in [6.45, 7) is 7.19. The van der Waals surface area contributed by atoms with Crippen molar-refractivity contribution in [2.24, 2.45) is 0 Å². The zero-order chi connectivity index (χ0) is 12.3. The Morgan fingerprint density at radius 2 is 2.12 bits per heavy atom. The van der Waals surface area contributed by atoms with Crippen molar-refractivity contribution >= 4 is 11.6 Å². The monoisotopic (exact) mass is 253 g/mol. The maximum Gasteiger partial charge on any atom is 0.0841 e. The minimum absolute atomic E-state index is 0.171. The number of hydrogen-bond acceptors (Lipinski definition) is 2. The minimum Gasteiger partial charge on any atom is -0.371 e. The Balaban J connectivity index is 2.01. The van der Waals surface area contributed by atoms with E-state index in [1.807, 2.05) is 0 Å². The van der Waals surface area contributed by atoms with Crippen LogP contribution in [0.15, 0.2) is 24.3 Å². The Kier molecular flexibility index (Phi) is 4.43. The second kappa shape index (κ2) is 5.85. The van der Waals surface area contributed by atoms with Gasteiger partial charge in [-0.1, -0.05) is 24.3 Å². The predicted molar refractivity (Wildman–Crippen MR) is 71.5 cm³/mol. The van der Waals surface area contributed by atoms with E-state index in [0.717, 1.165) is 19.6 Å². The molecule has 0 N–H and O–H groups in total. The van der Waals surface area contributed by atoms with Crippen LogP contribution < -0.4 is 0 Å². The number of rotatable bonds is 3. The van der Waals surface area contributed by atoms with Crippen LogP contribution in [0.3, 0.4) is 0 Å². The fourth-order valence-electron chi connectivity index (χ4n) is 2.38. The first-order valence-corrected chi connectivity index (χ1v) is 6.70. The van der Waals surface area contributed by atoms with Crippen LogP contribution >= 0.6 is 11.6 Å². The van der Waals surface area contributed by atoms with Gasteiger partial charge in [0.05, 0.1) is 12.2 Å². The standard InChI is InChI=1S/C14H20ClNO/c1-11-5-3-4-6-13(11)9-16-8-12(2)17-14(7-15)10-16/h3-6,12,14H,7-10H2,1-2H3. The van der Waals surface area contributed by atoms with Gasteiger partial charge >= 0.3 is 0 Å². The summed E-state index contributed by atoms with van der Waals surface area (Å²) in [5, 5.41) is 0. The lowest BCUT2D eigenvalue weighted by molar-refractivity contribution is -0.0689. The average Bonchev–Trinajstić information content (AvgIpc) is 2.31. The van der Waals surface area contributed by atoms with E-state index in [1.165, 1.54) is 11.1 Å². The SMILES string of the molecule is Cc1ccccc1CN1CC(C)OC(CCl)C1. The van der Waals surface area contributed by atoms with E-state index < -0.39 is 0 Å². The van der Waals surface area contributed by atoms with Crippen molar-refractivity contribution in [2.75, 3.05) is 19.0 Å². The van der Waals surface area contributed by atoms with Gasteiger partial charge in [0.25, 0.3) is 0 Å². The first-order valence-electron chi connectivity index (χ1n) is 6.17. The van der Waals surface area contributed by atoms with Crippen molar-refractivity contribution in [2.45, 2.75) is 32.6 Å². The molecule has 1 aromatic rings. The summed E-state index contributed by atoms with van der Waals surface area (Å²) in [4.78, 5) is 2.43. The molecule has 1 fully saturated rings. The summed E-state index contributed by atoms with van der Waals surface area (Å²) < 4.78 is 5.76. The molecule has 0 saturated carbocycles. The third kappa shape index (κ3) is 3.44. The molecule has 0 spiro atoms. The van der Waals surface area contributed by atoms with Crippen LogP contribution in [0.5, 0.6) is 0 Å². The quantitative estimate of drug-likeness (QED) is 0.768. The maximum atomic E-state index is 5.89. The van der Waals surface area contributed by atoms with Gasteiger partial charge in [-0.3, -0.25) is 4.90 Å². The summed E-state index contributed by atoms with van der Waals surface area (Å²) >= 11 is 5.89. The third-order valence-electron chi connectivity index (χ3n) is 3.23. The lowest BCUT2D eigenvalue weighted by atomic mass is 10.1. The molecule has 2 atom stereocenters. The normalized spacial score (nSPS) is 26.1. The molecule has 0 bridgehead atoms. The number of halogens is 1. The van der Waals surface area contributed by atoms with Gasteiger partial charge in [-0.05, 0) is 25.0 Å². The molecule has 0 aromatic heterocycles. The summed E-state index contributed by atoms with van der Waals surface area (Å²) in [6.07, 6.45) is 0.445. The number of aryl methyl sites for hydroxylation is 1. The highest BCUT2D eigenvalue weighted by atomic mass is 35.5. The molecule has 0 radical (unpaired) electrons. The minimum atomic E-state index is 0.171. The van der Waals surface area contributed by atoms with Gasteiger partial charge in [-0.25, -0.2) is 0 Å². The van der Waals surface area contributed by atoms with Crippen LogP contribution in [0.4, 0.5) is 0 Å². The van der Waals surface area contributed by atoms with E-state index in [1.54, 1.807) is 0 Å². The van der Waals surface area contributed by atoms with E-state index in [-0.39, 0.29) is 12.2 Å². The van der Waals surface area contributed by atoms with E-state index in [0.29, 0.717) is 5.88 Å². The van der Waals surface area contributed by atoms with Crippen molar-refractivity contribution in [1.29, 1.82) is 0 Å². The Hall–Kier alpha value is -0.570. The zero-order valence-electron chi connectivity index (χ0n) is 10.5. The molecule has 94 valence electrons. The van der Waals surface area contributed by atoms with Crippen LogP contribution in [0.2, 0.25) is 0 Å². The molecule has 0 amide bonds. The number of ether oxygens (including phenoxy) is 1. The van der Waals surface area contributed by atoms with E-state index >= 15 is 0 Å². The molecule has 2 nitrogen and oxygen atoms in total. The smallest absolute Gasteiger partial charge is 0.0841 e. The van der Waals surface area contributed by atoms with Crippen molar-refractivity contribution in [3.05, 3.63) is 35.4 Å². The number of hydrogen-bond donors (Lipinski definition) is 0. The highest BCUT2D eigenvalue weighted by Gasteiger charge is 2.24. The molecule has 3 heteroatoms. The number of nitrogens with zero attached hydrogens (tertiary/aromatic N) is 1. The second-order valence-electron chi connectivity index (χ2n) is 4.84. The Morgan fingerprint density at radius 1 is 1.35 bits per heavy atom. The Morgan fingerprint density at radius 3 is 2.82 bits per heavy atom. The first kappa shape index (κ1) is 12.9. The molecule has 1 aliphatic heterocycles.